The van der Waals surface area contributed by atoms with Crippen LogP contribution in [0.1, 0.15) is 6.92 Å². The number of amides is 2. The third-order valence-corrected chi connectivity index (χ3v) is 4.01. The van der Waals surface area contributed by atoms with Crippen molar-refractivity contribution in [3.8, 4) is 0 Å². The van der Waals surface area contributed by atoms with Gasteiger partial charge in [-0.15, -0.1) is 11.8 Å². The molecule has 2 aromatic carbocycles. The zero-order valence-corrected chi connectivity index (χ0v) is 13.8. The van der Waals surface area contributed by atoms with Crippen LogP contribution in [0, 0.1) is 5.82 Å². The maximum absolute atomic E-state index is 13.1. The van der Waals surface area contributed by atoms with Gasteiger partial charge >= 0.3 is 0 Å². The molecule has 2 rings (SSSR count). The van der Waals surface area contributed by atoms with Crippen LogP contribution in [0.4, 0.5) is 15.8 Å². The Balaban J connectivity index is 1.91. The lowest BCUT2D eigenvalue weighted by Gasteiger charge is -2.07. The SMILES string of the molecule is CC(=O)Nc1cccc(SCC(=O)Nc2ccc(F)c(Cl)c2)c1. The van der Waals surface area contributed by atoms with Crippen molar-refractivity contribution in [2.75, 3.05) is 16.4 Å². The number of rotatable bonds is 5. The van der Waals surface area contributed by atoms with Gasteiger partial charge in [-0.1, -0.05) is 17.7 Å². The summed E-state index contributed by atoms with van der Waals surface area (Å²) in [5.41, 5.74) is 1.11. The van der Waals surface area contributed by atoms with Crippen molar-refractivity contribution in [2.24, 2.45) is 0 Å². The lowest BCUT2D eigenvalue weighted by molar-refractivity contribution is -0.114. The summed E-state index contributed by atoms with van der Waals surface area (Å²) >= 11 is 6.99. The average molecular weight is 353 g/mol. The molecule has 0 atom stereocenters. The van der Waals surface area contributed by atoms with E-state index in [1.807, 2.05) is 6.07 Å². The van der Waals surface area contributed by atoms with E-state index in [1.54, 1.807) is 18.2 Å². The minimum absolute atomic E-state index is 0.0431. The van der Waals surface area contributed by atoms with Crippen LogP contribution >= 0.6 is 23.4 Å². The molecule has 0 radical (unpaired) electrons. The van der Waals surface area contributed by atoms with E-state index in [0.717, 1.165) is 4.90 Å². The van der Waals surface area contributed by atoms with Gasteiger partial charge < -0.3 is 10.6 Å². The fraction of sp³-hybridized carbons (Fsp3) is 0.125. The van der Waals surface area contributed by atoms with Gasteiger partial charge in [-0.2, -0.15) is 0 Å². The lowest BCUT2D eigenvalue weighted by atomic mass is 10.3. The third-order valence-electron chi connectivity index (χ3n) is 2.73. The Morgan fingerprint density at radius 2 is 1.87 bits per heavy atom. The lowest BCUT2D eigenvalue weighted by Crippen LogP contribution is -2.14. The first kappa shape index (κ1) is 17.3. The summed E-state index contributed by atoms with van der Waals surface area (Å²) in [5.74, 6) is -0.743. The zero-order chi connectivity index (χ0) is 16.8. The highest BCUT2D eigenvalue weighted by Gasteiger charge is 2.07. The Morgan fingerprint density at radius 3 is 2.57 bits per heavy atom. The van der Waals surface area contributed by atoms with E-state index in [0.29, 0.717) is 11.4 Å². The fourth-order valence-corrected chi connectivity index (χ4v) is 2.72. The van der Waals surface area contributed by atoms with E-state index in [2.05, 4.69) is 10.6 Å². The van der Waals surface area contributed by atoms with Crippen LogP contribution in [0.2, 0.25) is 5.02 Å². The molecular formula is C16H14ClFN2O2S. The summed E-state index contributed by atoms with van der Waals surface area (Å²) in [4.78, 5) is 23.8. The van der Waals surface area contributed by atoms with E-state index >= 15 is 0 Å². The van der Waals surface area contributed by atoms with Crippen LogP contribution in [0.15, 0.2) is 47.4 Å². The van der Waals surface area contributed by atoms with Gasteiger partial charge in [0.15, 0.2) is 0 Å². The molecule has 120 valence electrons. The fourth-order valence-electron chi connectivity index (χ4n) is 1.79. The smallest absolute Gasteiger partial charge is 0.234 e. The van der Waals surface area contributed by atoms with Gasteiger partial charge in [-0.05, 0) is 36.4 Å². The predicted molar refractivity (Wildman–Crippen MR) is 91.5 cm³/mol. The molecule has 2 N–H and O–H groups in total. The molecule has 0 saturated carbocycles. The monoisotopic (exact) mass is 352 g/mol. The molecule has 0 aliphatic rings. The van der Waals surface area contributed by atoms with E-state index in [-0.39, 0.29) is 22.6 Å². The molecule has 0 aromatic heterocycles. The highest BCUT2D eigenvalue weighted by atomic mass is 35.5. The minimum atomic E-state index is -0.533. The Morgan fingerprint density at radius 1 is 1.13 bits per heavy atom. The van der Waals surface area contributed by atoms with Crippen molar-refractivity contribution in [2.45, 2.75) is 11.8 Å². The average Bonchev–Trinajstić information content (AvgIpc) is 2.49. The molecule has 0 aliphatic carbocycles. The van der Waals surface area contributed by atoms with Gasteiger partial charge in [0.05, 0.1) is 10.8 Å². The first-order chi connectivity index (χ1) is 10.9. The molecule has 0 aliphatic heterocycles. The van der Waals surface area contributed by atoms with Gasteiger partial charge in [0, 0.05) is 23.2 Å². The molecule has 0 spiro atoms. The normalized spacial score (nSPS) is 10.2. The van der Waals surface area contributed by atoms with E-state index in [4.69, 9.17) is 11.6 Å². The molecule has 2 aromatic rings. The topological polar surface area (TPSA) is 58.2 Å². The number of carbonyl (C=O) groups excluding carboxylic acids is 2. The van der Waals surface area contributed by atoms with Crippen LogP contribution in [0.5, 0.6) is 0 Å². The molecule has 7 heteroatoms. The number of hydrogen-bond donors (Lipinski definition) is 2. The number of benzene rings is 2. The second kappa shape index (κ2) is 7.99. The Labute approximate surface area is 142 Å². The summed E-state index contributed by atoms with van der Waals surface area (Å²) in [7, 11) is 0. The van der Waals surface area contributed by atoms with Crippen LogP contribution in [0.3, 0.4) is 0 Å². The number of halogens is 2. The standard InChI is InChI=1S/C16H14ClFN2O2S/c1-10(21)19-11-3-2-4-13(7-11)23-9-16(22)20-12-5-6-15(18)14(17)8-12/h2-8H,9H2,1H3,(H,19,21)(H,20,22). The van der Waals surface area contributed by atoms with Crippen molar-refractivity contribution < 1.29 is 14.0 Å². The summed E-state index contributed by atoms with van der Waals surface area (Å²) in [6, 6.07) is 11.2. The summed E-state index contributed by atoms with van der Waals surface area (Å²) in [6.45, 7) is 1.43. The van der Waals surface area contributed by atoms with Gasteiger partial charge in [-0.3, -0.25) is 9.59 Å². The second-order valence-corrected chi connectivity index (χ2v) is 6.13. The maximum Gasteiger partial charge on any atom is 0.234 e. The van der Waals surface area contributed by atoms with Crippen LogP contribution in [-0.2, 0) is 9.59 Å². The first-order valence-corrected chi connectivity index (χ1v) is 8.06. The zero-order valence-electron chi connectivity index (χ0n) is 12.2. The maximum atomic E-state index is 13.1. The van der Waals surface area contributed by atoms with Crippen LogP contribution in [0.25, 0.3) is 0 Å². The third kappa shape index (κ3) is 5.58. The highest BCUT2D eigenvalue weighted by molar-refractivity contribution is 8.00. The molecule has 0 heterocycles. The van der Waals surface area contributed by atoms with Crippen molar-refractivity contribution in [1.82, 2.24) is 0 Å². The highest BCUT2D eigenvalue weighted by Crippen LogP contribution is 2.23. The number of nitrogens with one attached hydrogen (secondary N) is 2. The van der Waals surface area contributed by atoms with Crippen molar-refractivity contribution in [1.29, 1.82) is 0 Å². The number of anilines is 2. The van der Waals surface area contributed by atoms with E-state index in [9.17, 15) is 14.0 Å². The summed E-state index contributed by atoms with van der Waals surface area (Å²) in [6.07, 6.45) is 0. The molecule has 0 unspecified atom stereocenters. The van der Waals surface area contributed by atoms with Gasteiger partial charge in [0.25, 0.3) is 0 Å². The summed E-state index contributed by atoms with van der Waals surface area (Å²) in [5, 5.41) is 5.28. The molecule has 0 bridgehead atoms. The Hall–Kier alpha value is -2.05. The molecule has 4 nitrogen and oxygen atoms in total. The predicted octanol–water partition coefficient (Wildman–Crippen LogP) is 4.17. The van der Waals surface area contributed by atoms with Crippen molar-refractivity contribution in [3.63, 3.8) is 0 Å². The first-order valence-electron chi connectivity index (χ1n) is 6.69. The molecule has 2 amide bonds. The van der Waals surface area contributed by atoms with E-state index < -0.39 is 5.82 Å². The largest absolute Gasteiger partial charge is 0.326 e. The van der Waals surface area contributed by atoms with Gasteiger partial charge in [0.1, 0.15) is 5.82 Å². The number of carbonyl (C=O) groups is 2. The van der Waals surface area contributed by atoms with Crippen molar-refractivity contribution in [3.05, 3.63) is 53.3 Å². The number of thioether (sulfide) groups is 1. The van der Waals surface area contributed by atoms with Crippen molar-refractivity contribution >= 4 is 46.6 Å². The van der Waals surface area contributed by atoms with Crippen LogP contribution in [-0.4, -0.2) is 17.6 Å². The molecule has 23 heavy (non-hydrogen) atoms. The van der Waals surface area contributed by atoms with Gasteiger partial charge in [0.2, 0.25) is 11.8 Å². The Bertz CT molecular complexity index is 740. The quantitative estimate of drug-likeness (QED) is 0.794. The molecule has 0 fully saturated rings. The van der Waals surface area contributed by atoms with E-state index in [1.165, 1.54) is 36.9 Å². The molecular weight excluding hydrogens is 339 g/mol. The number of hydrogen-bond acceptors (Lipinski definition) is 3. The molecule has 0 saturated heterocycles. The Kier molecular flexibility index (Phi) is 6.01. The second-order valence-electron chi connectivity index (χ2n) is 4.67. The minimum Gasteiger partial charge on any atom is -0.326 e. The van der Waals surface area contributed by atoms with Gasteiger partial charge in [-0.25, -0.2) is 4.39 Å². The summed E-state index contributed by atoms with van der Waals surface area (Å²) < 4.78 is 13.1. The van der Waals surface area contributed by atoms with Crippen LogP contribution < -0.4 is 10.6 Å².